The highest BCUT2D eigenvalue weighted by molar-refractivity contribution is 6.19. The Labute approximate surface area is 153 Å². The van der Waals surface area contributed by atoms with Crippen LogP contribution >= 0.6 is 0 Å². The molecule has 6 nitrogen and oxygen atoms in total. The molecule has 0 spiro atoms. The lowest BCUT2D eigenvalue weighted by molar-refractivity contribution is -0.145. The van der Waals surface area contributed by atoms with E-state index in [0.717, 1.165) is 12.0 Å². The van der Waals surface area contributed by atoms with Crippen LogP contribution in [0.1, 0.15) is 33.3 Å². The van der Waals surface area contributed by atoms with Crippen LogP contribution in [0.3, 0.4) is 0 Å². The van der Waals surface area contributed by atoms with Gasteiger partial charge in [-0.2, -0.15) is 0 Å². The van der Waals surface area contributed by atoms with Gasteiger partial charge < -0.3 is 10.1 Å². The number of para-hydroxylation sites is 1. The highest BCUT2D eigenvalue weighted by Crippen LogP contribution is 2.37. The van der Waals surface area contributed by atoms with E-state index in [2.05, 4.69) is 10.3 Å². The summed E-state index contributed by atoms with van der Waals surface area (Å²) in [5, 5.41) is 2.86. The van der Waals surface area contributed by atoms with E-state index in [9.17, 15) is 9.59 Å². The fraction of sp³-hybridized carbons (Fsp3) is 0.350. The van der Waals surface area contributed by atoms with Crippen LogP contribution in [0.4, 0.5) is 11.5 Å². The van der Waals surface area contributed by atoms with E-state index in [-0.39, 0.29) is 6.04 Å². The van der Waals surface area contributed by atoms with Crippen molar-refractivity contribution in [1.82, 2.24) is 4.98 Å². The van der Waals surface area contributed by atoms with E-state index >= 15 is 0 Å². The van der Waals surface area contributed by atoms with E-state index in [1.54, 1.807) is 18.3 Å². The third-order valence-electron chi connectivity index (χ3n) is 4.52. The number of carbonyl (C=O) groups excluding carboxylic acids is 2. The predicted molar refractivity (Wildman–Crippen MR) is 100 cm³/mol. The Morgan fingerprint density at radius 2 is 2.00 bits per heavy atom. The molecule has 0 radical (unpaired) electrons. The zero-order valence-corrected chi connectivity index (χ0v) is 15.4. The standard InChI is InChI=1S/C20H23N3O3/c1-5-14-9-6-7-10-15(14)22-18(24)20(4)19(25)23(13(2)3)17-16(26-20)11-8-12-21-17/h6-13H,5H2,1-4H3,(H,22,24)/t20-/m1/s1. The second-order valence-corrected chi connectivity index (χ2v) is 6.69. The van der Waals surface area contributed by atoms with Crippen molar-refractivity contribution in [3.8, 4) is 5.75 Å². The minimum atomic E-state index is -1.67. The van der Waals surface area contributed by atoms with Crippen molar-refractivity contribution in [3.63, 3.8) is 0 Å². The Morgan fingerprint density at radius 3 is 2.69 bits per heavy atom. The highest BCUT2D eigenvalue weighted by Gasteiger charge is 2.52. The largest absolute Gasteiger partial charge is 0.464 e. The van der Waals surface area contributed by atoms with Gasteiger partial charge in [0, 0.05) is 17.9 Å². The summed E-state index contributed by atoms with van der Waals surface area (Å²) >= 11 is 0. The van der Waals surface area contributed by atoms with E-state index in [0.29, 0.717) is 17.3 Å². The fourth-order valence-electron chi connectivity index (χ4n) is 3.05. The molecule has 0 saturated heterocycles. The molecule has 2 heterocycles. The first-order valence-electron chi connectivity index (χ1n) is 8.75. The average Bonchev–Trinajstić information content (AvgIpc) is 2.62. The third-order valence-corrected chi connectivity index (χ3v) is 4.52. The number of hydrogen-bond acceptors (Lipinski definition) is 4. The van der Waals surface area contributed by atoms with Gasteiger partial charge in [0.2, 0.25) is 0 Å². The number of amides is 2. The summed E-state index contributed by atoms with van der Waals surface area (Å²) in [6.45, 7) is 7.28. The molecule has 0 fully saturated rings. The first-order valence-corrected chi connectivity index (χ1v) is 8.75. The number of ether oxygens (including phenoxy) is 1. The molecule has 0 saturated carbocycles. The molecular formula is C20H23N3O3. The molecule has 1 atom stereocenters. The minimum Gasteiger partial charge on any atom is -0.464 e. The van der Waals surface area contributed by atoms with Crippen molar-refractivity contribution in [2.75, 3.05) is 10.2 Å². The van der Waals surface area contributed by atoms with Crippen LogP contribution in [-0.4, -0.2) is 28.4 Å². The number of rotatable bonds is 4. The molecule has 0 bridgehead atoms. The molecule has 0 aliphatic carbocycles. The lowest BCUT2D eigenvalue weighted by Gasteiger charge is -2.40. The van der Waals surface area contributed by atoms with Crippen LogP contribution in [0.2, 0.25) is 0 Å². The van der Waals surface area contributed by atoms with E-state index in [1.807, 2.05) is 45.0 Å². The third kappa shape index (κ3) is 2.92. The molecular weight excluding hydrogens is 330 g/mol. The van der Waals surface area contributed by atoms with Crippen LogP contribution in [0.15, 0.2) is 42.6 Å². The Morgan fingerprint density at radius 1 is 1.27 bits per heavy atom. The van der Waals surface area contributed by atoms with Crippen molar-refractivity contribution >= 4 is 23.3 Å². The Kier molecular flexibility index (Phi) is 4.68. The van der Waals surface area contributed by atoms with E-state index < -0.39 is 17.4 Å². The summed E-state index contributed by atoms with van der Waals surface area (Å²) < 4.78 is 5.85. The molecule has 2 amide bonds. The quantitative estimate of drug-likeness (QED) is 0.857. The van der Waals surface area contributed by atoms with Crippen LogP contribution in [-0.2, 0) is 16.0 Å². The summed E-state index contributed by atoms with van der Waals surface area (Å²) in [6, 6.07) is 10.8. The number of nitrogens with one attached hydrogen (secondary N) is 1. The van der Waals surface area contributed by atoms with Gasteiger partial charge >= 0.3 is 0 Å². The summed E-state index contributed by atoms with van der Waals surface area (Å²) in [5.41, 5.74) is 0.0161. The number of aromatic nitrogens is 1. The number of nitrogens with zero attached hydrogens (tertiary/aromatic N) is 2. The molecule has 1 aliphatic rings. The van der Waals surface area contributed by atoms with Gasteiger partial charge in [0.15, 0.2) is 11.6 Å². The van der Waals surface area contributed by atoms with E-state index in [1.165, 1.54) is 11.8 Å². The van der Waals surface area contributed by atoms with Crippen molar-refractivity contribution in [2.45, 2.75) is 45.8 Å². The first kappa shape index (κ1) is 17.9. The lowest BCUT2D eigenvalue weighted by atomic mass is 9.99. The molecule has 1 N–H and O–H groups in total. The van der Waals surface area contributed by atoms with Gasteiger partial charge in [-0.05, 0) is 51.0 Å². The lowest BCUT2D eigenvalue weighted by Crippen LogP contribution is -2.62. The SMILES string of the molecule is CCc1ccccc1NC(=O)[C@@]1(C)Oc2cccnc2N(C(C)C)C1=O. The number of fused-ring (bicyclic) bond motifs is 1. The maximum absolute atomic E-state index is 13.1. The van der Waals surface area contributed by atoms with Gasteiger partial charge in [-0.1, -0.05) is 25.1 Å². The summed E-state index contributed by atoms with van der Waals surface area (Å²) in [7, 11) is 0. The second kappa shape index (κ2) is 6.78. The maximum atomic E-state index is 13.1. The molecule has 26 heavy (non-hydrogen) atoms. The van der Waals surface area contributed by atoms with Gasteiger partial charge in [0.1, 0.15) is 0 Å². The summed E-state index contributed by atoms with van der Waals surface area (Å²) in [4.78, 5) is 32.0. The number of aryl methyl sites for hydroxylation is 1. The smallest absolute Gasteiger partial charge is 0.282 e. The second-order valence-electron chi connectivity index (χ2n) is 6.69. The molecule has 1 aromatic carbocycles. The topological polar surface area (TPSA) is 71.5 Å². The van der Waals surface area contributed by atoms with Crippen molar-refractivity contribution < 1.29 is 14.3 Å². The van der Waals surface area contributed by atoms with Crippen LogP contribution in [0.5, 0.6) is 5.75 Å². The van der Waals surface area contributed by atoms with Crippen molar-refractivity contribution in [2.24, 2.45) is 0 Å². The number of benzene rings is 1. The monoisotopic (exact) mass is 353 g/mol. The molecule has 0 unspecified atom stereocenters. The van der Waals surface area contributed by atoms with Crippen molar-refractivity contribution in [3.05, 3.63) is 48.2 Å². The van der Waals surface area contributed by atoms with Gasteiger partial charge in [-0.3, -0.25) is 14.5 Å². The van der Waals surface area contributed by atoms with Gasteiger partial charge in [-0.25, -0.2) is 4.98 Å². The fourth-order valence-corrected chi connectivity index (χ4v) is 3.05. The molecule has 1 aliphatic heterocycles. The zero-order valence-electron chi connectivity index (χ0n) is 15.4. The molecule has 1 aromatic heterocycles. The molecule has 136 valence electrons. The minimum absolute atomic E-state index is 0.157. The van der Waals surface area contributed by atoms with Gasteiger partial charge in [-0.15, -0.1) is 0 Å². The maximum Gasteiger partial charge on any atom is 0.282 e. The van der Waals surface area contributed by atoms with Crippen molar-refractivity contribution in [1.29, 1.82) is 0 Å². The number of pyridine rings is 1. The molecule has 6 heteroatoms. The Bertz CT molecular complexity index is 850. The summed E-state index contributed by atoms with van der Waals surface area (Å²) in [5.74, 6) is -0.0670. The normalized spacial score (nSPS) is 19.1. The number of anilines is 2. The Balaban J connectivity index is 1.98. The first-order chi connectivity index (χ1) is 12.4. The van der Waals surface area contributed by atoms with Crippen LogP contribution in [0, 0.1) is 0 Å². The zero-order chi connectivity index (χ0) is 18.9. The van der Waals surface area contributed by atoms with Gasteiger partial charge in [0.05, 0.1) is 0 Å². The van der Waals surface area contributed by atoms with Crippen LogP contribution in [0.25, 0.3) is 0 Å². The Hall–Kier alpha value is -2.89. The molecule has 2 aromatic rings. The molecule has 3 rings (SSSR count). The van der Waals surface area contributed by atoms with Gasteiger partial charge in [0.25, 0.3) is 17.4 Å². The average molecular weight is 353 g/mol. The van der Waals surface area contributed by atoms with E-state index in [4.69, 9.17) is 4.74 Å². The summed E-state index contributed by atoms with van der Waals surface area (Å²) in [6.07, 6.45) is 2.37. The number of carbonyl (C=O) groups is 2. The van der Waals surface area contributed by atoms with Crippen LogP contribution < -0.4 is 15.0 Å². The number of hydrogen-bond donors (Lipinski definition) is 1. The predicted octanol–water partition coefficient (Wildman–Crippen LogP) is 3.18. The highest BCUT2D eigenvalue weighted by atomic mass is 16.5.